The Balaban J connectivity index is 2.45. The zero-order valence-electron chi connectivity index (χ0n) is 13.2. The molecule has 0 aliphatic heterocycles. The summed E-state index contributed by atoms with van der Waals surface area (Å²) in [5.74, 6) is 0.698. The van der Waals surface area contributed by atoms with Gasteiger partial charge in [0, 0.05) is 22.3 Å². The maximum Gasteiger partial charge on any atom is 0.0731 e. The number of ether oxygens (including phenoxy) is 1. The Labute approximate surface area is 122 Å². The summed E-state index contributed by atoms with van der Waals surface area (Å²) in [6.07, 6.45) is 1.47. The number of rotatable bonds is 8. The van der Waals surface area contributed by atoms with Gasteiger partial charge in [-0.1, -0.05) is 27.7 Å². The molecule has 2 nitrogen and oxygen atoms in total. The van der Waals surface area contributed by atoms with Gasteiger partial charge in [-0.05, 0) is 37.8 Å². The van der Waals surface area contributed by atoms with E-state index < -0.39 is 0 Å². The third-order valence-electron chi connectivity index (χ3n) is 3.08. The second-order valence-corrected chi connectivity index (χ2v) is 7.42. The predicted molar refractivity (Wildman–Crippen MR) is 84.7 cm³/mol. The van der Waals surface area contributed by atoms with Crippen LogP contribution in [-0.2, 0) is 17.9 Å². The molecule has 1 rings (SSSR count). The average molecular weight is 283 g/mol. The fourth-order valence-electron chi connectivity index (χ4n) is 2.09. The molecule has 110 valence electrons. The van der Waals surface area contributed by atoms with E-state index in [9.17, 15) is 0 Å². The Morgan fingerprint density at radius 2 is 1.89 bits per heavy atom. The first kappa shape index (κ1) is 16.7. The molecular formula is C16H29NOS. The zero-order chi connectivity index (χ0) is 14.4. The molecule has 1 aromatic heterocycles. The van der Waals surface area contributed by atoms with Crippen LogP contribution in [0.5, 0.6) is 0 Å². The molecule has 0 aliphatic carbocycles. The minimum Gasteiger partial charge on any atom is -0.374 e. The lowest BCUT2D eigenvalue weighted by Gasteiger charge is -2.14. The monoisotopic (exact) mass is 283 g/mol. The predicted octanol–water partition coefficient (Wildman–Crippen LogP) is 4.51. The highest BCUT2D eigenvalue weighted by Gasteiger charge is 2.09. The molecule has 3 heteroatoms. The minimum absolute atomic E-state index is 0.344. The summed E-state index contributed by atoms with van der Waals surface area (Å²) in [5, 5.41) is 3.46. The highest BCUT2D eigenvalue weighted by molar-refractivity contribution is 7.12. The number of nitrogens with one attached hydrogen (secondary N) is 1. The summed E-state index contributed by atoms with van der Waals surface area (Å²) < 4.78 is 5.94. The molecule has 0 bridgehead atoms. The molecule has 0 fully saturated rings. The second-order valence-electron chi connectivity index (χ2n) is 6.08. The van der Waals surface area contributed by atoms with Crippen LogP contribution in [0.2, 0.25) is 0 Å². The SMILES string of the molecule is Cc1sc(CNC(C)C)cc1COC(C)CC(C)C. The third kappa shape index (κ3) is 6.55. The fraction of sp³-hybridized carbons (Fsp3) is 0.750. The van der Waals surface area contributed by atoms with Crippen LogP contribution < -0.4 is 5.32 Å². The molecule has 0 saturated heterocycles. The van der Waals surface area contributed by atoms with Crippen LogP contribution in [0.3, 0.4) is 0 Å². The molecule has 0 saturated carbocycles. The Morgan fingerprint density at radius 1 is 1.21 bits per heavy atom. The fourth-order valence-corrected chi connectivity index (χ4v) is 3.09. The van der Waals surface area contributed by atoms with Crippen molar-refractivity contribution in [2.24, 2.45) is 5.92 Å². The van der Waals surface area contributed by atoms with Crippen LogP contribution in [0.1, 0.15) is 56.4 Å². The number of hydrogen-bond donors (Lipinski definition) is 1. The smallest absolute Gasteiger partial charge is 0.0731 e. The minimum atomic E-state index is 0.344. The van der Waals surface area contributed by atoms with Crippen molar-refractivity contribution in [3.05, 3.63) is 21.4 Å². The molecule has 0 aromatic carbocycles. The van der Waals surface area contributed by atoms with Gasteiger partial charge in [-0.2, -0.15) is 0 Å². The molecule has 0 spiro atoms. The largest absolute Gasteiger partial charge is 0.374 e. The molecule has 0 aliphatic rings. The third-order valence-corrected chi connectivity index (χ3v) is 4.18. The highest BCUT2D eigenvalue weighted by Crippen LogP contribution is 2.23. The van der Waals surface area contributed by atoms with Crippen molar-refractivity contribution < 1.29 is 4.74 Å². The number of thiophene rings is 1. The van der Waals surface area contributed by atoms with E-state index in [1.54, 1.807) is 0 Å². The van der Waals surface area contributed by atoms with Gasteiger partial charge in [0.05, 0.1) is 12.7 Å². The van der Waals surface area contributed by atoms with Gasteiger partial charge in [0.25, 0.3) is 0 Å². The molecule has 1 N–H and O–H groups in total. The highest BCUT2D eigenvalue weighted by atomic mass is 32.1. The van der Waals surface area contributed by atoms with E-state index >= 15 is 0 Å². The van der Waals surface area contributed by atoms with Crippen molar-refractivity contribution >= 4 is 11.3 Å². The molecule has 0 amide bonds. The lowest BCUT2D eigenvalue weighted by atomic mass is 10.1. The summed E-state index contributed by atoms with van der Waals surface area (Å²) >= 11 is 1.88. The zero-order valence-corrected chi connectivity index (χ0v) is 14.1. The van der Waals surface area contributed by atoms with Crippen molar-refractivity contribution in [2.75, 3.05) is 0 Å². The normalized spacial score (nSPS) is 13.5. The van der Waals surface area contributed by atoms with Crippen LogP contribution in [0.15, 0.2) is 6.07 Å². The van der Waals surface area contributed by atoms with Crippen molar-refractivity contribution in [1.29, 1.82) is 0 Å². The lowest BCUT2D eigenvalue weighted by Crippen LogP contribution is -2.21. The second kappa shape index (κ2) is 8.03. The molecule has 1 aromatic rings. The van der Waals surface area contributed by atoms with Gasteiger partial charge in [0.2, 0.25) is 0 Å². The summed E-state index contributed by atoms with van der Waals surface area (Å²) in [6.45, 7) is 14.9. The molecule has 1 atom stereocenters. The maximum absolute atomic E-state index is 5.94. The maximum atomic E-state index is 5.94. The molecule has 1 unspecified atom stereocenters. The van der Waals surface area contributed by atoms with Crippen molar-refractivity contribution in [3.63, 3.8) is 0 Å². The van der Waals surface area contributed by atoms with Crippen molar-refractivity contribution in [3.8, 4) is 0 Å². The van der Waals surface area contributed by atoms with Gasteiger partial charge < -0.3 is 10.1 Å². The summed E-state index contributed by atoms with van der Waals surface area (Å²) in [4.78, 5) is 2.79. The topological polar surface area (TPSA) is 21.3 Å². The van der Waals surface area contributed by atoms with Gasteiger partial charge in [-0.15, -0.1) is 11.3 Å². The van der Waals surface area contributed by atoms with E-state index in [1.807, 2.05) is 11.3 Å². The van der Waals surface area contributed by atoms with Crippen molar-refractivity contribution in [2.45, 2.75) is 73.3 Å². The first-order valence-electron chi connectivity index (χ1n) is 7.31. The van der Waals surface area contributed by atoms with Crippen molar-refractivity contribution in [1.82, 2.24) is 5.32 Å². The van der Waals surface area contributed by atoms with Crippen LogP contribution >= 0.6 is 11.3 Å². The van der Waals surface area contributed by atoms with Gasteiger partial charge in [0.15, 0.2) is 0 Å². The van der Waals surface area contributed by atoms with Crippen LogP contribution in [0, 0.1) is 12.8 Å². The van der Waals surface area contributed by atoms with E-state index in [2.05, 4.69) is 52.9 Å². The van der Waals surface area contributed by atoms with E-state index in [1.165, 1.54) is 15.3 Å². The summed E-state index contributed by atoms with van der Waals surface area (Å²) in [5.41, 5.74) is 1.35. The Morgan fingerprint density at radius 3 is 2.47 bits per heavy atom. The van der Waals surface area contributed by atoms with Gasteiger partial charge >= 0.3 is 0 Å². The van der Waals surface area contributed by atoms with Crippen LogP contribution in [0.4, 0.5) is 0 Å². The molecular weight excluding hydrogens is 254 g/mol. The van der Waals surface area contributed by atoms with E-state index in [4.69, 9.17) is 4.74 Å². The van der Waals surface area contributed by atoms with Crippen LogP contribution in [-0.4, -0.2) is 12.1 Å². The summed E-state index contributed by atoms with van der Waals surface area (Å²) in [7, 11) is 0. The molecule has 19 heavy (non-hydrogen) atoms. The number of aryl methyl sites for hydroxylation is 1. The van der Waals surface area contributed by atoms with E-state index in [0.717, 1.165) is 19.6 Å². The first-order chi connectivity index (χ1) is 8.88. The number of hydrogen-bond acceptors (Lipinski definition) is 3. The lowest BCUT2D eigenvalue weighted by molar-refractivity contribution is 0.0396. The standard InChI is InChI=1S/C16H29NOS/c1-11(2)7-13(5)18-10-15-8-16(19-14(15)6)9-17-12(3)4/h8,11-13,17H,7,9-10H2,1-6H3. The first-order valence-corrected chi connectivity index (χ1v) is 8.13. The van der Waals surface area contributed by atoms with E-state index in [0.29, 0.717) is 18.1 Å². The molecule has 1 heterocycles. The average Bonchev–Trinajstić information content (AvgIpc) is 2.64. The van der Waals surface area contributed by atoms with Gasteiger partial charge in [0.1, 0.15) is 0 Å². The Bertz CT molecular complexity index is 371. The summed E-state index contributed by atoms with van der Waals surface area (Å²) in [6, 6.07) is 2.82. The molecule has 0 radical (unpaired) electrons. The quantitative estimate of drug-likeness (QED) is 0.758. The van der Waals surface area contributed by atoms with Gasteiger partial charge in [-0.3, -0.25) is 0 Å². The Kier molecular flexibility index (Phi) is 7.05. The Hall–Kier alpha value is -0.380. The van der Waals surface area contributed by atoms with Gasteiger partial charge in [-0.25, -0.2) is 0 Å². The van der Waals surface area contributed by atoms with E-state index in [-0.39, 0.29) is 0 Å². The van der Waals surface area contributed by atoms with Crippen LogP contribution in [0.25, 0.3) is 0 Å².